The first-order valence-electron chi connectivity index (χ1n) is 8.94. The van der Waals surface area contributed by atoms with Gasteiger partial charge in [-0.25, -0.2) is 9.98 Å². The zero-order valence-corrected chi connectivity index (χ0v) is 17.4. The second kappa shape index (κ2) is 9.04. The van der Waals surface area contributed by atoms with Crippen molar-refractivity contribution in [2.24, 2.45) is 10.7 Å². The topological polar surface area (TPSA) is 160 Å². The average Bonchev–Trinajstić information content (AvgIpc) is 3.31. The summed E-state index contributed by atoms with van der Waals surface area (Å²) in [7, 11) is 0. The average molecular weight is 452 g/mol. The van der Waals surface area contributed by atoms with Gasteiger partial charge in [0, 0.05) is 23.4 Å². The van der Waals surface area contributed by atoms with E-state index in [0.717, 1.165) is 10.5 Å². The number of fused-ring (bicyclic) bond motifs is 2. The number of amidine groups is 1. The molecule has 0 saturated heterocycles. The Kier molecular flexibility index (Phi) is 6.22. The van der Waals surface area contributed by atoms with Crippen LogP contribution in [0.2, 0.25) is 0 Å². The van der Waals surface area contributed by atoms with E-state index < -0.39 is 11.1 Å². The van der Waals surface area contributed by atoms with E-state index in [0.29, 0.717) is 40.7 Å². The van der Waals surface area contributed by atoms with Gasteiger partial charge in [0.25, 0.3) is 0 Å². The van der Waals surface area contributed by atoms with E-state index in [-0.39, 0.29) is 32.3 Å². The molecule has 0 saturated carbocycles. The van der Waals surface area contributed by atoms with Crippen molar-refractivity contribution in [1.29, 1.82) is 5.41 Å². The molecule has 4 N–H and O–H groups in total. The number of aliphatic imine (C=N–C) groups is 1. The lowest BCUT2D eigenvalue weighted by Crippen LogP contribution is -2.24. The summed E-state index contributed by atoms with van der Waals surface area (Å²) in [6.07, 6.45) is 1.18. The van der Waals surface area contributed by atoms with E-state index in [1.54, 1.807) is 4.57 Å². The van der Waals surface area contributed by atoms with Crippen LogP contribution in [0.3, 0.4) is 0 Å². The molecule has 11 nitrogen and oxygen atoms in total. The predicted octanol–water partition coefficient (Wildman–Crippen LogP) is 0.897. The van der Waals surface area contributed by atoms with Crippen molar-refractivity contribution in [2.75, 3.05) is 31.1 Å². The molecule has 13 heteroatoms. The zero-order chi connectivity index (χ0) is 21.1. The highest BCUT2D eigenvalue weighted by molar-refractivity contribution is 7.99. The highest BCUT2D eigenvalue weighted by atomic mass is 32.2. The number of anilines is 1. The third kappa shape index (κ3) is 4.28. The maximum Gasteiger partial charge on any atom is 0.231 e. The van der Waals surface area contributed by atoms with Gasteiger partial charge >= 0.3 is 0 Å². The molecule has 0 spiro atoms. The quantitative estimate of drug-likeness (QED) is 0.286. The molecule has 1 aromatic heterocycles. The summed E-state index contributed by atoms with van der Waals surface area (Å²) < 4.78 is 40.5. The molecule has 0 bridgehead atoms. The number of nitrogens with two attached hydrogens (primary N) is 1. The molecular weight excluding hydrogens is 432 g/mol. The molecule has 3 heterocycles. The van der Waals surface area contributed by atoms with E-state index in [4.69, 9.17) is 25.4 Å². The first-order chi connectivity index (χ1) is 14.6. The summed E-state index contributed by atoms with van der Waals surface area (Å²) in [5.41, 5.74) is 7.31. The Hall–Kier alpha value is -2.61. The van der Waals surface area contributed by atoms with Crippen LogP contribution in [-0.2, 0) is 29.0 Å². The molecule has 1 unspecified atom stereocenters. The number of benzene rings is 1. The Bertz CT molecular complexity index is 1020. The number of ether oxygens (including phenoxy) is 3. The fourth-order valence-corrected chi connectivity index (χ4v) is 4.39. The minimum absolute atomic E-state index is 0.0640. The van der Waals surface area contributed by atoms with Crippen molar-refractivity contribution in [1.82, 2.24) is 9.55 Å². The van der Waals surface area contributed by atoms with Crippen molar-refractivity contribution in [3.63, 3.8) is 0 Å². The van der Waals surface area contributed by atoms with Gasteiger partial charge in [0.15, 0.2) is 16.7 Å². The molecule has 0 fully saturated rings. The monoisotopic (exact) mass is 451 g/mol. The molecule has 2 aromatic rings. The van der Waals surface area contributed by atoms with Crippen LogP contribution in [0.25, 0.3) is 0 Å². The zero-order valence-electron chi connectivity index (χ0n) is 15.8. The Morgan fingerprint density at radius 3 is 3.00 bits per heavy atom. The molecule has 1 aromatic carbocycles. The fraction of sp³-hybridized carbons (Fsp3) is 0.353. The molecule has 30 heavy (non-hydrogen) atoms. The minimum atomic E-state index is -2.20. The summed E-state index contributed by atoms with van der Waals surface area (Å²) in [5.74, 6) is 2.10. The van der Waals surface area contributed by atoms with Crippen molar-refractivity contribution in [2.45, 2.75) is 23.2 Å². The van der Waals surface area contributed by atoms with Crippen LogP contribution in [0.5, 0.6) is 11.5 Å². The Balaban J connectivity index is 1.70. The third-order valence-electron chi connectivity index (χ3n) is 4.37. The van der Waals surface area contributed by atoms with Gasteiger partial charge < -0.3 is 39.8 Å². The molecule has 2 aliphatic rings. The molecule has 0 radical (unpaired) electrons. The lowest BCUT2D eigenvalue weighted by Gasteiger charge is -2.16. The van der Waals surface area contributed by atoms with Crippen LogP contribution >= 0.6 is 11.8 Å². The number of nitrogens with zero attached hydrogens (tertiary/aromatic N) is 3. The number of aromatic nitrogens is 2. The van der Waals surface area contributed by atoms with Gasteiger partial charge in [-0.1, -0.05) is 22.8 Å². The molecule has 4 rings (SSSR count). The van der Waals surface area contributed by atoms with Crippen molar-refractivity contribution in [3.8, 4) is 11.5 Å². The van der Waals surface area contributed by atoms with Crippen molar-refractivity contribution in [3.05, 3.63) is 23.4 Å². The molecule has 1 atom stereocenters. The highest BCUT2D eigenvalue weighted by Gasteiger charge is 2.25. The van der Waals surface area contributed by atoms with Gasteiger partial charge in [-0.3, -0.25) is 4.21 Å². The van der Waals surface area contributed by atoms with Crippen LogP contribution in [-0.4, -0.2) is 56.2 Å². The lowest BCUT2D eigenvalue weighted by molar-refractivity contribution is 0.157. The molecule has 0 amide bonds. The summed E-state index contributed by atoms with van der Waals surface area (Å²) in [5, 5.41) is 10.8. The molecule has 0 aliphatic carbocycles. The second-order valence-electron chi connectivity index (χ2n) is 6.26. The fourth-order valence-electron chi connectivity index (χ4n) is 3.02. The van der Waals surface area contributed by atoms with Gasteiger partial charge in [0.1, 0.15) is 24.0 Å². The number of hydrogen-bond donors (Lipinski definition) is 3. The van der Waals surface area contributed by atoms with Gasteiger partial charge in [0.2, 0.25) is 6.79 Å². The number of imidazole rings is 1. The molecule has 2 aliphatic heterocycles. The SMILES string of the molecule is N=CCOCc1cc2c(cc1Sc1nc3c(n1CCS(=O)[O-])NCN=C3N)OCO2. The number of nitrogens with one attached hydrogen (secondary N) is 2. The maximum atomic E-state index is 11.2. The van der Waals surface area contributed by atoms with Gasteiger partial charge in [-0.2, -0.15) is 0 Å². The Labute approximate surface area is 178 Å². The van der Waals surface area contributed by atoms with Gasteiger partial charge in [0.05, 0.1) is 13.2 Å². The predicted molar refractivity (Wildman–Crippen MR) is 110 cm³/mol. The van der Waals surface area contributed by atoms with Gasteiger partial charge in [-0.05, 0) is 17.7 Å². The van der Waals surface area contributed by atoms with Crippen LogP contribution in [0.4, 0.5) is 5.82 Å². The van der Waals surface area contributed by atoms with E-state index >= 15 is 0 Å². The standard InChI is InChI=1S/C17H20N6O5S2/c18-1-3-26-7-10-5-11-12(28-9-27-11)6-13(10)29-17-22-14-15(19)20-8-21-16(14)23(17)2-4-30(24)25/h1,5-6,18,21H,2-4,7-9H2,(H2,19,20)(H,24,25)/p-1. The second-order valence-corrected chi connectivity index (χ2v) is 8.29. The molecular formula is C17H19N6O5S2-. The van der Waals surface area contributed by atoms with Crippen LogP contribution in [0.1, 0.15) is 11.3 Å². The first-order valence-corrected chi connectivity index (χ1v) is 11.0. The summed E-state index contributed by atoms with van der Waals surface area (Å²) in [4.78, 5) is 9.55. The van der Waals surface area contributed by atoms with Crippen molar-refractivity contribution >= 4 is 40.7 Å². The molecule has 160 valence electrons. The Morgan fingerprint density at radius 1 is 1.43 bits per heavy atom. The Morgan fingerprint density at radius 2 is 2.23 bits per heavy atom. The maximum absolute atomic E-state index is 11.2. The number of rotatable bonds is 9. The van der Waals surface area contributed by atoms with Crippen LogP contribution in [0.15, 0.2) is 27.2 Å². The normalized spacial score (nSPS) is 15.3. The van der Waals surface area contributed by atoms with Crippen molar-refractivity contribution < 1.29 is 23.0 Å². The van der Waals surface area contributed by atoms with E-state index in [1.165, 1.54) is 18.0 Å². The van der Waals surface area contributed by atoms with Crippen LogP contribution < -0.4 is 20.5 Å². The van der Waals surface area contributed by atoms with E-state index in [1.807, 2.05) is 12.1 Å². The highest BCUT2D eigenvalue weighted by Crippen LogP contribution is 2.41. The lowest BCUT2D eigenvalue weighted by atomic mass is 10.2. The smallest absolute Gasteiger partial charge is 0.231 e. The largest absolute Gasteiger partial charge is 0.772 e. The third-order valence-corrected chi connectivity index (χ3v) is 5.98. The summed E-state index contributed by atoms with van der Waals surface area (Å²) in [6.45, 7) is 1.10. The van der Waals surface area contributed by atoms with E-state index in [9.17, 15) is 8.76 Å². The minimum Gasteiger partial charge on any atom is -0.772 e. The summed E-state index contributed by atoms with van der Waals surface area (Å²) >= 11 is -0.859. The summed E-state index contributed by atoms with van der Waals surface area (Å²) in [6, 6.07) is 3.67. The number of hydrogen-bond acceptors (Lipinski definition) is 11. The van der Waals surface area contributed by atoms with Crippen LogP contribution in [0, 0.1) is 5.41 Å². The van der Waals surface area contributed by atoms with Gasteiger partial charge in [-0.15, -0.1) is 0 Å². The first kappa shape index (κ1) is 20.7. The van der Waals surface area contributed by atoms with E-state index in [2.05, 4.69) is 15.3 Å².